The SMILES string of the molecule is Cc1ccc(-c2nc(C3CC3)c(I)c(=O)[nH]2)cc1F. The van der Waals surface area contributed by atoms with Gasteiger partial charge >= 0.3 is 0 Å². The fourth-order valence-corrected chi connectivity index (χ4v) is 2.68. The van der Waals surface area contributed by atoms with Gasteiger partial charge in [-0.05, 0) is 54.0 Å². The summed E-state index contributed by atoms with van der Waals surface area (Å²) in [6.45, 7) is 1.71. The molecule has 0 atom stereocenters. The summed E-state index contributed by atoms with van der Waals surface area (Å²) in [5, 5.41) is 0. The Balaban J connectivity index is 2.14. The molecule has 3 rings (SSSR count). The summed E-state index contributed by atoms with van der Waals surface area (Å²) in [5.74, 6) is 0.557. The molecule has 0 bridgehead atoms. The number of benzene rings is 1. The monoisotopic (exact) mass is 370 g/mol. The minimum absolute atomic E-state index is 0.145. The summed E-state index contributed by atoms with van der Waals surface area (Å²) in [4.78, 5) is 19.1. The highest BCUT2D eigenvalue weighted by Crippen LogP contribution is 2.40. The largest absolute Gasteiger partial charge is 0.306 e. The fourth-order valence-electron chi connectivity index (χ4n) is 1.98. The molecule has 0 radical (unpaired) electrons. The molecule has 1 aromatic heterocycles. The Bertz CT molecular complexity index is 707. The van der Waals surface area contributed by atoms with Crippen LogP contribution in [0.3, 0.4) is 0 Å². The van der Waals surface area contributed by atoms with E-state index in [4.69, 9.17) is 0 Å². The Morgan fingerprint density at radius 3 is 2.79 bits per heavy atom. The number of hydrogen-bond donors (Lipinski definition) is 1. The molecule has 98 valence electrons. The van der Waals surface area contributed by atoms with Gasteiger partial charge in [-0.2, -0.15) is 0 Å². The normalized spacial score (nSPS) is 14.7. The van der Waals surface area contributed by atoms with Crippen molar-refractivity contribution in [2.45, 2.75) is 25.7 Å². The summed E-state index contributed by atoms with van der Waals surface area (Å²) >= 11 is 2.03. The molecule has 0 amide bonds. The highest BCUT2D eigenvalue weighted by Gasteiger charge is 2.29. The number of aromatic amines is 1. The van der Waals surface area contributed by atoms with Crippen molar-refractivity contribution in [3.05, 3.63) is 49.2 Å². The molecule has 1 aliphatic rings. The zero-order valence-corrected chi connectivity index (χ0v) is 12.5. The molecular weight excluding hydrogens is 358 g/mol. The highest BCUT2D eigenvalue weighted by atomic mass is 127. The smallest absolute Gasteiger partial charge is 0.264 e. The fraction of sp³-hybridized carbons (Fsp3) is 0.286. The number of nitrogens with zero attached hydrogens (tertiary/aromatic N) is 1. The maximum absolute atomic E-state index is 13.6. The maximum Gasteiger partial charge on any atom is 0.264 e. The van der Waals surface area contributed by atoms with E-state index in [1.54, 1.807) is 19.1 Å². The van der Waals surface area contributed by atoms with Crippen molar-refractivity contribution >= 4 is 22.6 Å². The van der Waals surface area contributed by atoms with Crippen molar-refractivity contribution < 1.29 is 4.39 Å². The van der Waals surface area contributed by atoms with Crippen molar-refractivity contribution in [2.24, 2.45) is 0 Å². The number of hydrogen-bond acceptors (Lipinski definition) is 2. The molecule has 19 heavy (non-hydrogen) atoms. The summed E-state index contributed by atoms with van der Waals surface area (Å²) in [7, 11) is 0. The molecule has 3 nitrogen and oxygen atoms in total. The van der Waals surface area contributed by atoms with Gasteiger partial charge in [0.15, 0.2) is 0 Å². The molecule has 1 N–H and O–H groups in total. The second-order valence-corrected chi connectivity index (χ2v) is 5.93. The Hall–Kier alpha value is -1.24. The first kappa shape index (κ1) is 12.8. The lowest BCUT2D eigenvalue weighted by molar-refractivity contribution is 0.619. The maximum atomic E-state index is 13.6. The van der Waals surface area contributed by atoms with Gasteiger partial charge in [-0.15, -0.1) is 0 Å². The van der Waals surface area contributed by atoms with Gasteiger partial charge in [-0.1, -0.05) is 12.1 Å². The van der Waals surface area contributed by atoms with Crippen LogP contribution in [0.5, 0.6) is 0 Å². The standard InChI is InChI=1S/C14H12FIN2O/c1-7-2-3-9(6-10(7)15)13-17-12(8-4-5-8)11(16)14(19)18-13/h2-3,6,8H,4-5H2,1H3,(H,17,18,19). The molecule has 2 aromatic rings. The van der Waals surface area contributed by atoms with Crippen LogP contribution < -0.4 is 5.56 Å². The van der Waals surface area contributed by atoms with E-state index >= 15 is 0 Å². The number of H-pyrrole nitrogens is 1. The summed E-state index contributed by atoms with van der Waals surface area (Å²) in [6.07, 6.45) is 2.16. The molecule has 0 spiro atoms. The molecule has 1 heterocycles. The minimum atomic E-state index is -0.285. The Kier molecular flexibility index (Phi) is 3.16. The topological polar surface area (TPSA) is 45.8 Å². The van der Waals surface area contributed by atoms with Crippen molar-refractivity contribution in [3.63, 3.8) is 0 Å². The first-order valence-corrected chi connectivity index (χ1v) is 7.20. The highest BCUT2D eigenvalue weighted by molar-refractivity contribution is 14.1. The van der Waals surface area contributed by atoms with Gasteiger partial charge in [0.2, 0.25) is 0 Å². The van der Waals surface area contributed by atoms with E-state index in [2.05, 4.69) is 9.97 Å². The lowest BCUT2D eigenvalue weighted by Gasteiger charge is -2.07. The molecule has 5 heteroatoms. The molecular formula is C14H12FIN2O. The second kappa shape index (κ2) is 4.70. The van der Waals surface area contributed by atoms with Crippen LogP contribution in [0.1, 0.15) is 30.0 Å². The quantitative estimate of drug-likeness (QED) is 0.825. The average Bonchev–Trinajstić information content (AvgIpc) is 3.20. The van der Waals surface area contributed by atoms with E-state index < -0.39 is 0 Å². The van der Waals surface area contributed by atoms with Crippen molar-refractivity contribution in [1.82, 2.24) is 9.97 Å². The van der Waals surface area contributed by atoms with Gasteiger partial charge in [0.05, 0.1) is 9.26 Å². The van der Waals surface area contributed by atoms with E-state index in [1.165, 1.54) is 6.07 Å². The zero-order chi connectivity index (χ0) is 13.6. The third-order valence-corrected chi connectivity index (χ3v) is 4.34. The first-order valence-electron chi connectivity index (χ1n) is 6.12. The number of aryl methyl sites for hydroxylation is 1. The summed E-state index contributed by atoms with van der Waals surface area (Å²) in [5.41, 5.74) is 1.89. The van der Waals surface area contributed by atoms with E-state index in [0.29, 0.717) is 26.4 Å². The lowest BCUT2D eigenvalue weighted by Crippen LogP contribution is -2.16. The number of aromatic nitrogens is 2. The van der Waals surface area contributed by atoms with Crippen LogP contribution in [-0.2, 0) is 0 Å². The van der Waals surface area contributed by atoms with Gasteiger partial charge in [-0.3, -0.25) is 4.79 Å². The first-order chi connectivity index (χ1) is 9.06. The third kappa shape index (κ3) is 2.43. The van der Waals surface area contributed by atoms with E-state index in [0.717, 1.165) is 18.5 Å². The number of halogens is 2. The Morgan fingerprint density at radius 2 is 2.16 bits per heavy atom. The lowest BCUT2D eigenvalue weighted by atomic mass is 10.1. The molecule has 0 aliphatic heterocycles. The van der Waals surface area contributed by atoms with Crippen molar-refractivity contribution in [2.75, 3.05) is 0 Å². The third-order valence-electron chi connectivity index (χ3n) is 3.30. The van der Waals surface area contributed by atoms with Gasteiger partial charge in [-0.25, -0.2) is 9.37 Å². The zero-order valence-electron chi connectivity index (χ0n) is 10.3. The van der Waals surface area contributed by atoms with Gasteiger partial charge < -0.3 is 4.98 Å². The van der Waals surface area contributed by atoms with Crippen LogP contribution in [0.4, 0.5) is 4.39 Å². The van der Waals surface area contributed by atoms with E-state index in [9.17, 15) is 9.18 Å². The molecule has 1 fully saturated rings. The molecule has 0 unspecified atom stereocenters. The van der Waals surface area contributed by atoms with Gasteiger partial charge in [0.1, 0.15) is 11.6 Å². The van der Waals surface area contributed by atoms with Crippen molar-refractivity contribution in [1.29, 1.82) is 0 Å². The molecule has 0 saturated heterocycles. The molecule has 1 aliphatic carbocycles. The summed E-state index contributed by atoms with van der Waals surface area (Å²) in [6, 6.07) is 4.89. The van der Waals surface area contributed by atoms with Crippen LogP contribution in [0, 0.1) is 16.3 Å². The predicted molar refractivity (Wildman–Crippen MR) is 79.7 cm³/mol. The van der Waals surface area contributed by atoms with Gasteiger partial charge in [0.25, 0.3) is 5.56 Å². The Labute approximate surface area is 123 Å². The van der Waals surface area contributed by atoms with Crippen LogP contribution in [0.2, 0.25) is 0 Å². The van der Waals surface area contributed by atoms with E-state index in [-0.39, 0.29) is 11.4 Å². The predicted octanol–water partition coefficient (Wildman–Crippen LogP) is 3.37. The van der Waals surface area contributed by atoms with Crippen LogP contribution in [-0.4, -0.2) is 9.97 Å². The molecule has 1 aromatic carbocycles. The molecule has 1 saturated carbocycles. The summed E-state index contributed by atoms with van der Waals surface area (Å²) < 4.78 is 14.2. The van der Waals surface area contributed by atoms with Gasteiger partial charge in [0, 0.05) is 11.5 Å². The minimum Gasteiger partial charge on any atom is -0.306 e. The second-order valence-electron chi connectivity index (χ2n) is 4.85. The van der Waals surface area contributed by atoms with Crippen LogP contribution in [0.25, 0.3) is 11.4 Å². The van der Waals surface area contributed by atoms with Crippen LogP contribution in [0.15, 0.2) is 23.0 Å². The number of rotatable bonds is 2. The average molecular weight is 370 g/mol. The van der Waals surface area contributed by atoms with Crippen molar-refractivity contribution in [3.8, 4) is 11.4 Å². The number of nitrogens with one attached hydrogen (secondary N) is 1. The van der Waals surface area contributed by atoms with E-state index in [1.807, 2.05) is 22.6 Å². The van der Waals surface area contributed by atoms with Crippen LogP contribution >= 0.6 is 22.6 Å². The Morgan fingerprint density at radius 1 is 1.42 bits per heavy atom.